The molecule has 0 aliphatic rings. The maximum atomic E-state index is 12.7. The van der Waals surface area contributed by atoms with Crippen LogP contribution in [-0.2, 0) is 11.0 Å². The highest BCUT2D eigenvalue weighted by Crippen LogP contribution is 2.35. The van der Waals surface area contributed by atoms with E-state index in [1.807, 2.05) is 0 Å². The van der Waals surface area contributed by atoms with E-state index in [1.165, 1.54) is 0 Å². The lowest BCUT2D eigenvalue weighted by atomic mass is 10.0. The highest BCUT2D eigenvalue weighted by atomic mass is 19.4. The number of carboxylic acid groups (broad SMARTS) is 1. The fraction of sp³-hybridized carbons (Fsp3) is 0.222. The molecule has 3 nitrogen and oxygen atoms in total. The molecule has 0 amide bonds. The van der Waals surface area contributed by atoms with Gasteiger partial charge in [0.25, 0.3) is 0 Å². The predicted octanol–water partition coefficient (Wildman–Crippen LogP) is 1.96. The van der Waals surface area contributed by atoms with Crippen molar-refractivity contribution >= 4 is 5.97 Å². The molecule has 0 aromatic heterocycles. The van der Waals surface area contributed by atoms with Crippen LogP contribution < -0.4 is 0 Å². The molecule has 0 aliphatic heterocycles. The first-order chi connectivity index (χ1) is 7.23. The quantitative estimate of drug-likeness (QED) is 0.774. The summed E-state index contributed by atoms with van der Waals surface area (Å²) < 4.78 is 49.8. The van der Waals surface area contributed by atoms with Crippen molar-refractivity contribution in [2.24, 2.45) is 0 Å². The second kappa shape index (κ2) is 4.09. The van der Waals surface area contributed by atoms with Gasteiger partial charge in [0.2, 0.25) is 0 Å². The van der Waals surface area contributed by atoms with Gasteiger partial charge in [0, 0.05) is 5.56 Å². The van der Waals surface area contributed by atoms with Crippen molar-refractivity contribution in [1.82, 2.24) is 0 Å². The van der Waals surface area contributed by atoms with Crippen LogP contribution in [0.1, 0.15) is 17.2 Å². The summed E-state index contributed by atoms with van der Waals surface area (Å²) in [5.74, 6) is -2.93. The zero-order chi connectivity index (χ0) is 12.5. The third-order valence-electron chi connectivity index (χ3n) is 1.85. The Hall–Kier alpha value is -1.63. The van der Waals surface area contributed by atoms with Gasteiger partial charge < -0.3 is 10.2 Å². The molecule has 16 heavy (non-hydrogen) atoms. The van der Waals surface area contributed by atoms with Crippen molar-refractivity contribution in [3.63, 3.8) is 0 Å². The van der Waals surface area contributed by atoms with Crippen LogP contribution in [0.3, 0.4) is 0 Å². The van der Waals surface area contributed by atoms with E-state index >= 15 is 0 Å². The summed E-state index contributed by atoms with van der Waals surface area (Å²) in [5.41, 5.74) is -2.39. The molecular weight excluding hydrogens is 232 g/mol. The van der Waals surface area contributed by atoms with Crippen LogP contribution in [0.25, 0.3) is 0 Å². The fourth-order valence-electron chi connectivity index (χ4n) is 1.15. The molecule has 1 aromatic rings. The maximum Gasteiger partial charge on any atom is 0.416 e. The number of alkyl halides is 3. The van der Waals surface area contributed by atoms with E-state index in [0.29, 0.717) is 18.2 Å². The zero-order valence-electron chi connectivity index (χ0n) is 7.62. The molecule has 1 aromatic carbocycles. The third-order valence-corrected chi connectivity index (χ3v) is 1.85. The summed E-state index contributed by atoms with van der Waals surface area (Å²) in [4.78, 5) is 10.4. The van der Waals surface area contributed by atoms with Crippen LogP contribution in [-0.4, -0.2) is 16.2 Å². The van der Waals surface area contributed by atoms with Gasteiger partial charge in [0.05, 0.1) is 5.56 Å². The molecule has 0 radical (unpaired) electrons. The van der Waals surface area contributed by atoms with E-state index in [9.17, 15) is 22.4 Å². The number of aliphatic hydroxyl groups is 1. The lowest BCUT2D eigenvalue weighted by molar-refractivity contribution is -0.149. The molecule has 0 saturated heterocycles. The van der Waals surface area contributed by atoms with Gasteiger partial charge in [-0.15, -0.1) is 0 Å². The minimum absolute atomic E-state index is 0.349. The van der Waals surface area contributed by atoms with Crippen LogP contribution in [0.15, 0.2) is 18.2 Å². The standard InChI is InChI=1S/C9H6F4O3/c10-4-1-2-6(9(11,12)13)5(3-4)7(14)8(15)16/h1-3,7,14H,(H,15,16). The highest BCUT2D eigenvalue weighted by molar-refractivity contribution is 5.74. The van der Waals surface area contributed by atoms with Crippen molar-refractivity contribution in [2.45, 2.75) is 12.3 Å². The Balaban J connectivity index is 3.35. The smallest absolute Gasteiger partial charge is 0.416 e. The van der Waals surface area contributed by atoms with Crippen molar-refractivity contribution in [1.29, 1.82) is 0 Å². The topological polar surface area (TPSA) is 57.5 Å². The molecule has 0 spiro atoms. The van der Waals surface area contributed by atoms with Gasteiger partial charge in [0.1, 0.15) is 5.82 Å². The third kappa shape index (κ3) is 2.48. The van der Waals surface area contributed by atoms with Gasteiger partial charge in [-0.2, -0.15) is 13.2 Å². The molecule has 88 valence electrons. The number of carboxylic acids is 1. The van der Waals surface area contributed by atoms with Crippen LogP contribution in [0, 0.1) is 5.82 Å². The summed E-state index contributed by atoms with van der Waals surface area (Å²) >= 11 is 0. The van der Waals surface area contributed by atoms with Crippen LogP contribution in [0.2, 0.25) is 0 Å². The zero-order valence-corrected chi connectivity index (χ0v) is 7.62. The Morgan fingerprint density at radius 3 is 2.31 bits per heavy atom. The normalized spacial score (nSPS) is 13.6. The summed E-state index contributed by atoms with van der Waals surface area (Å²) in [5, 5.41) is 17.4. The first kappa shape index (κ1) is 12.4. The molecule has 0 saturated carbocycles. The summed E-state index contributed by atoms with van der Waals surface area (Å²) in [6.07, 6.45) is -7.26. The second-order valence-electron chi connectivity index (χ2n) is 2.97. The van der Waals surface area contributed by atoms with Gasteiger partial charge in [-0.05, 0) is 18.2 Å². The van der Waals surface area contributed by atoms with Crippen molar-refractivity contribution < 1.29 is 32.6 Å². The molecule has 2 N–H and O–H groups in total. The van der Waals surface area contributed by atoms with E-state index in [2.05, 4.69) is 0 Å². The monoisotopic (exact) mass is 238 g/mol. The SMILES string of the molecule is O=C(O)C(O)c1cc(F)ccc1C(F)(F)F. The van der Waals surface area contributed by atoms with Crippen LogP contribution in [0.4, 0.5) is 17.6 Å². The number of hydrogen-bond acceptors (Lipinski definition) is 2. The van der Waals surface area contributed by atoms with E-state index in [-0.39, 0.29) is 0 Å². The number of carbonyl (C=O) groups is 1. The molecular formula is C9H6F4O3. The number of rotatable bonds is 2. The number of aliphatic hydroxyl groups excluding tert-OH is 1. The number of hydrogen-bond donors (Lipinski definition) is 2. The van der Waals surface area contributed by atoms with E-state index in [0.717, 1.165) is 0 Å². The number of benzene rings is 1. The van der Waals surface area contributed by atoms with Gasteiger partial charge in [-0.3, -0.25) is 0 Å². The summed E-state index contributed by atoms with van der Waals surface area (Å²) in [6, 6.07) is 1.28. The predicted molar refractivity (Wildman–Crippen MR) is 44.0 cm³/mol. The lowest BCUT2D eigenvalue weighted by Crippen LogP contribution is -2.17. The Kier molecular flexibility index (Phi) is 3.18. The van der Waals surface area contributed by atoms with Crippen LogP contribution >= 0.6 is 0 Å². The highest BCUT2D eigenvalue weighted by Gasteiger charge is 2.36. The number of aliphatic carboxylic acids is 1. The average molecular weight is 238 g/mol. The Bertz CT molecular complexity index is 414. The van der Waals surface area contributed by atoms with Crippen molar-refractivity contribution in [3.05, 3.63) is 35.1 Å². The van der Waals surface area contributed by atoms with Crippen LogP contribution in [0.5, 0.6) is 0 Å². The molecule has 0 fully saturated rings. The first-order valence-corrected chi connectivity index (χ1v) is 4.01. The fourth-order valence-corrected chi connectivity index (χ4v) is 1.15. The average Bonchev–Trinajstić information content (AvgIpc) is 2.14. The second-order valence-corrected chi connectivity index (χ2v) is 2.97. The van der Waals surface area contributed by atoms with Gasteiger partial charge in [-0.25, -0.2) is 9.18 Å². The molecule has 0 bridgehead atoms. The van der Waals surface area contributed by atoms with Crippen molar-refractivity contribution in [3.8, 4) is 0 Å². The van der Waals surface area contributed by atoms with E-state index < -0.39 is 35.2 Å². The molecule has 0 aliphatic carbocycles. The first-order valence-electron chi connectivity index (χ1n) is 4.01. The Morgan fingerprint density at radius 2 is 1.88 bits per heavy atom. The van der Waals surface area contributed by atoms with Crippen molar-refractivity contribution in [2.75, 3.05) is 0 Å². The molecule has 1 atom stereocenters. The molecule has 1 rings (SSSR count). The summed E-state index contributed by atoms with van der Waals surface area (Å²) in [6.45, 7) is 0. The minimum atomic E-state index is -4.85. The molecule has 1 unspecified atom stereocenters. The maximum absolute atomic E-state index is 12.7. The van der Waals surface area contributed by atoms with E-state index in [1.54, 1.807) is 0 Å². The Morgan fingerprint density at radius 1 is 1.31 bits per heavy atom. The largest absolute Gasteiger partial charge is 0.479 e. The lowest BCUT2D eigenvalue weighted by Gasteiger charge is -2.14. The molecule has 0 heterocycles. The minimum Gasteiger partial charge on any atom is -0.479 e. The Labute approximate surface area is 86.9 Å². The summed E-state index contributed by atoms with van der Waals surface area (Å²) in [7, 11) is 0. The van der Waals surface area contributed by atoms with Gasteiger partial charge in [-0.1, -0.05) is 0 Å². The van der Waals surface area contributed by atoms with Gasteiger partial charge >= 0.3 is 12.1 Å². The number of halogens is 4. The van der Waals surface area contributed by atoms with E-state index in [4.69, 9.17) is 10.2 Å². The van der Waals surface area contributed by atoms with Gasteiger partial charge in [0.15, 0.2) is 6.10 Å². The molecule has 7 heteroatoms.